The third-order valence-corrected chi connectivity index (χ3v) is 5.71. The Bertz CT molecular complexity index is 1120. The number of piperazine rings is 1. The van der Waals surface area contributed by atoms with Crippen molar-refractivity contribution in [3.05, 3.63) is 100 Å². The summed E-state index contributed by atoms with van der Waals surface area (Å²) in [5.41, 5.74) is 2.88. The average Bonchev–Trinajstić information content (AvgIpc) is 2.83. The van der Waals surface area contributed by atoms with E-state index in [4.69, 9.17) is 0 Å². The number of nitrogens with one attached hydrogen (secondary N) is 1. The van der Waals surface area contributed by atoms with Crippen molar-refractivity contribution in [2.45, 2.75) is 13.1 Å². The molecule has 1 aromatic heterocycles. The lowest BCUT2D eigenvalue weighted by Crippen LogP contribution is -2.52. The highest BCUT2D eigenvalue weighted by Crippen LogP contribution is 2.20. The van der Waals surface area contributed by atoms with Crippen LogP contribution in [0.2, 0.25) is 0 Å². The first-order chi connectivity index (χ1) is 15.6. The number of pyridine rings is 1. The molecule has 1 N–H and O–H groups in total. The maximum Gasteiger partial charge on any atom is 0.250 e. The Labute approximate surface area is 210 Å². The van der Waals surface area contributed by atoms with Crippen LogP contribution in [0.4, 0.5) is 10.1 Å². The van der Waals surface area contributed by atoms with Crippen molar-refractivity contribution >= 4 is 35.6 Å². The van der Waals surface area contributed by atoms with Gasteiger partial charge in [-0.1, -0.05) is 42.5 Å². The smallest absolute Gasteiger partial charge is 0.250 e. The van der Waals surface area contributed by atoms with E-state index in [9.17, 15) is 9.18 Å². The number of hydrogen-bond donors (Lipinski definition) is 1. The summed E-state index contributed by atoms with van der Waals surface area (Å²) in [4.78, 5) is 20.6. The van der Waals surface area contributed by atoms with Crippen LogP contribution in [0.15, 0.2) is 82.7 Å². The maximum absolute atomic E-state index is 14.1. The summed E-state index contributed by atoms with van der Waals surface area (Å²) in [5.74, 6) is 0.669. The standard InChI is InChI=1S/C25H28FN5O.HI/c1-27-25(30-16-14-29(15-17-30)23-7-3-2-6-22(23)26)28-18-20-9-11-21(12-10-20)19-31-13-5-4-8-24(31)32;/h2-13H,14-19H2,1H3,(H,27,28);1H. The van der Waals surface area contributed by atoms with Gasteiger partial charge in [-0.15, -0.1) is 24.0 Å². The van der Waals surface area contributed by atoms with Gasteiger partial charge >= 0.3 is 0 Å². The lowest BCUT2D eigenvalue weighted by Gasteiger charge is -2.37. The molecule has 6 nitrogen and oxygen atoms in total. The van der Waals surface area contributed by atoms with Gasteiger partial charge in [0.25, 0.3) is 5.56 Å². The van der Waals surface area contributed by atoms with Crippen molar-refractivity contribution in [2.75, 3.05) is 38.1 Å². The Morgan fingerprint density at radius 3 is 2.27 bits per heavy atom. The zero-order chi connectivity index (χ0) is 22.3. The molecule has 1 fully saturated rings. The summed E-state index contributed by atoms with van der Waals surface area (Å²) < 4.78 is 15.8. The Kier molecular flexibility index (Phi) is 8.87. The van der Waals surface area contributed by atoms with Crippen molar-refractivity contribution in [3.63, 3.8) is 0 Å². The zero-order valence-electron chi connectivity index (χ0n) is 18.7. The Hall–Kier alpha value is -2.88. The minimum absolute atomic E-state index is 0. The van der Waals surface area contributed by atoms with E-state index >= 15 is 0 Å². The van der Waals surface area contributed by atoms with E-state index in [2.05, 4.69) is 32.2 Å². The molecule has 0 bridgehead atoms. The molecule has 0 amide bonds. The topological polar surface area (TPSA) is 52.9 Å². The van der Waals surface area contributed by atoms with Crippen LogP contribution in [-0.2, 0) is 13.1 Å². The van der Waals surface area contributed by atoms with Crippen molar-refractivity contribution in [1.82, 2.24) is 14.8 Å². The summed E-state index contributed by atoms with van der Waals surface area (Å²) >= 11 is 0. The molecule has 4 rings (SSSR count). The van der Waals surface area contributed by atoms with Crippen LogP contribution in [0, 0.1) is 5.82 Å². The van der Waals surface area contributed by atoms with Gasteiger partial charge in [-0.25, -0.2) is 4.39 Å². The molecule has 0 radical (unpaired) electrons. The molecule has 0 atom stereocenters. The van der Waals surface area contributed by atoms with Crippen LogP contribution in [0.3, 0.4) is 0 Å². The van der Waals surface area contributed by atoms with Gasteiger partial charge in [-0.3, -0.25) is 9.79 Å². The molecule has 0 saturated carbocycles. The fourth-order valence-corrected chi connectivity index (χ4v) is 3.93. The van der Waals surface area contributed by atoms with Crippen molar-refractivity contribution in [1.29, 1.82) is 0 Å². The minimum atomic E-state index is -0.177. The van der Waals surface area contributed by atoms with Crippen molar-refractivity contribution < 1.29 is 4.39 Å². The number of guanidine groups is 1. The van der Waals surface area contributed by atoms with Crippen LogP contribution in [0.1, 0.15) is 11.1 Å². The van der Waals surface area contributed by atoms with Gasteiger partial charge in [-0.05, 0) is 29.3 Å². The Morgan fingerprint density at radius 1 is 0.939 bits per heavy atom. The molecule has 174 valence electrons. The van der Waals surface area contributed by atoms with Gasteiger partial charge in [-0.2, -0.15) is 0 Å². The van der Waals surface area contributed by atoms with Crippen LogP contribution in [0.5, 0.6) is 0 Å². The van der Waals surface area contributed by atoms with Crippen LogP contribution >= 0.6 is 24.0 Å². The van der Waals surface area contributed by atoms with Crippen LogP contribution < -0.4 is 15.8 Å². The van der Waals surface area contributed by atoms with E-state index < -0.39 is 0 Å². The van der Waals surface area contributed by atoms with Crippen LogP contribution in [0.25, 0.3) is 0 Å². The number of nitrogens with zero attached hydrogens (tertiary/aromatic N) is 4. The van der Waals surface area contributed by atoms with Gasteiger partial charge in [0.15, 0.2) is 5.96 Å². The third kappa shape index (κ3) is 6.34. The molecule has 0 unspecified atom stereocenters. The number of hydrogen-bond acceptors (Lipinski definition) is 3. The highest BCUT2D eigenvalue weighted by molar-refractivity contribution is 14.0. The molecule has 33 heavy (non-hydrogen) atoms. The number of rotatable bonds is 5. The molecular formula is C25H29FIN5O. The van der Waals surface area contributed by atoms with E-state index in [0.717, 1.165) is 43.3 Å². The van der Waals surface area contributed by atoms with Gasteiger partial charge < -0.3 is 19.7 Å². The summed E-state index contributed by atoms with van der Waals surface area (Å²) in [6, 6.07) is 20.3. The first-order valence-electron chi connectivity index (χ1n) is 10.8. The second-order valence-corrected chi connectivity index (χ2v) is 7.81. The molecule has 1 saturated heterocycles. The van der Waals surface area contributed by atoms with Crippen LogP contribution in [-0.4, -0.2) is 48.7 Å². The summed E-state index contributed by atoms with van der Waals surface area (Å²) in [5, 5.41) is 3.43. The van der Waals surface area contributed by atoms with E-state index in [1.165, 1.54) is 6.07 Å². The van der Waals surface area contributed by atoms with E-state index in [-0.39, 0.29) is 35.4 Å². The third-order valence-electron chi connectivity index (χ3n) is 5.71. The number of aliphatic imine (C=N–C) groups is 1. The Balaban J connectivity index is 0.00000306. The summed E-state index contributed by atoms with van der Waals surface area (Å²) in [6.07, 6.45) is 1.80. The molecule has 1 aliphatic heterocycles. The lowest BCUT2D eigenvalue weighted by atomic mass is 10.1. The fraction of sp³-hybridized carbons (Fsp3) is 0.280. The Morgan fingerprint density at radius 2 is 1.61 bits per heavy atom. The predicted octanol–water partition coefficient (Wildman–Crippen LogP) is 3.55. The molecule has 8 heteroatoms. The fourth-order valence-electron chi connectivity index (χ4n) is 3.93. The number of para-hydroxylation sites is 1. The lowest BCUT2D eigenvalue weighted by molar-refractivity contribution is 0.370. The number of anilines is 1. The monoisotopic (exact) mass is 561 g/mol. The molecule has 0 aliphatic carbocycles. The second-order valence-electron chi connectivity index (χ2n) is 7.81. The van der Waals surface area contributed by atoms with Gasteiger partial charge in [0.2, 0.25) is 0 Å². The summed E-state index contributed by atoms with van der Waals surface area (Å²) in [7, 11) is 1.78. The first kappa shape index (κ1) is 24.8. The van der Waals surface area contributed by atoms with Gasteiger partial charge in [0.1, 0.15) is 5.82 Å². The highest BCUT2D eigenvalue weighted by Gasteiger charge is 2.21. The van der Waals surface area contributed by atoms with Gasteiger partial charge in [0, 0.05) is 52.0 Å². The second kappa shape index (κ2) is 11.8. The number of benzene rings is 2. The highest BCUT2D eigenvalue weighted by atomic mass is 127. The predicted molar refractivity (Wildman–Crippen MR) is 142 cm³/mol. The molecule has 3 aromatic rings. The molecule has 2 heterocycles. The van der Waals surface area contributed by atoms with Crippen molar-refractivity contribution in [2.24, 2.45) is 4.99 Å². The molecule has 1 aliphatic rings. The average molecular weight is 561 g/mol. The molecule has 0 spiro atoms. The molecular weight excluding hydrogens is 532 g/mol. The number of halogens is 2. The quantitative estimate of drug-likeness (QED) is 0.294. The number of aromatic nitrogens is 1. The maximum atomic E-state index is 14.1. The normalized spacial score (nSPS) is 14.1. The molecule has 2 aromatic carbocycles. The largest absolute Gasteiger partial charge is 0.366 e. The summed E-state index contributed by atoms with van der Waals surface area (Å²) in [6.45, 7) is 4.26. The first-order valence-corrected chi connectivity index (χ1v) is 10.8. The van der Waals surface area contributed by atoms with E-state index in [1.807, 2.05) is 30.3 Å². The van der Waals surface area contributed by atoms with E-state index in [0.29, 0.717) is 18.8 Å². The van der Waals surface area contributed by atoms with Crippen molar-refractivity contribution in [3.8, 4) is 0 Å². The van der Waals surface area contributed by atoms with E-state index in [1.54, 1.807) is 36.0 Å². The zero-order valence-corrected chi connectivity index (χ0v) is 21.0. The minimum Gasteiger partial charge on any atom is -0.366 e. The SMILES string of the molecule is CN=C(NCc1ccc(Cn2ccccc2=O)cc1)N1CCN(c2ccccc2F)CC1.I. The van der Waals surface area contributed by atoms with Gasteiger partial charge in [0.05, 0.1) is 12.2 Å².